The van der Waals surface area contributed by atoms with Crippen molar-refractivity contribution in [1.82, 2.24) is 4.98 Å². The van der Waals surface area contributed by atoms with Crippen LogP contribution < -0.4 is 10.2 Å². The second kappa shape index (κ2) is 4.97. The lowest BCUT2D eigenvalue weighted by Crippen LogP contribution is -2.41. The van der Waals surface area contributed by atoms with Crippen LogP contribution in [0, 0.1) is 6.92 Å². The summed E-state index contributed by atoms with van der Waals surface area (Å²) in [7, 11) is -0.563. The molecule has 0 radical (unpaired) electrons. The smallest absolute Gasteiger partial charge is 0.417 e. The SMILES string of the molecule is Cc1cc(B2OC(C)(C)C(C)(C)O2)cnc1OC(F)F. The molecular formula is C13H18BF2NO3. The number of pyridine rings is 1. The van der Waals surface area contributed by atoms with Crippen molar-refractivity contribution < 1.29 is 22.8 Å². The van der Waals surface area contributed by atoms with Gasteiger partial charge in [0.15, 0.2) is 0 Å². The summed E-state index contributed by atoms with van der Waals surface area (Å²) in [4.78, 5) is 3.90. The Morgan fingerprint density at radius 3 is 2.20 bits per heavy atom. The summed E-state index contributed by atoms with van der Waals surface area (Å²) in [6, 6.07) is 1.69. The zero-order valence-corrected chi connectivity index (χ0v) is 12.2. The number of alkyl halides is 2. The lowest BCUT2D eigenvalue weighted by Gasteiger charge is -2.32. The molecule has 0 spiro atoms. The molecule has 1 aliphatic rings. The molecule has 2 heterocycles. The van der Waals surface area contributed by atoms with Crippen LogP contribution in [0.4, 0.5) is 8.78 Å². The topological polar surface area (TPSA) is 40.6 Å². The Kier molecular flexibility index (Phi) is 3.77. The molecule has 2 rings (SSSR count). The van der Waals surface area contributed by atoms with Gasteiger partial charge in [-0.05, 0) is 34.6 Å². The van der Waals surface area contributed by atoms with Crippen LogP contribution in [0.15, 0.2) is 12.3 Å². The summed E-state index contributed by atoms with van der Waals surface area (Å²) < 4.78 is 40.5. The van der Waals surface area contributed by atoms with Crippen LogP contribution in [-0.2, 0) is 9.31 Å². The van der Waals surface area contributed by atoms with Gasteiger partial charge in [-0.1, -0.05) is 6.07 Å². The summed E-state index contributed by atoms with van der Waals surface area (Å²) in [6.07, 6.45) is 1.44. The fourth-order valence-electron chi connectivity index (χ4n) is 1.90. The van der Waals surface area contributed by atoms with Crippen molar-refractivity contribution in [2.45, 2.75) is 52.4 Å². The number of ether oxygens (including phenoxy) is 1. The van der Waals surface area contributed by atoms with Gasteiger partial charge in [0.1, 0.15) is 0 Å². The predicted octanol–water partition coefficient (Wildman–Crippen LogP) is 2.29. The van der Waals surface area contributed by atoms with Crippen molar-refractivity contribution in [3.05, 3.63) is 17.8 Å². The van der Waals surface area contributed by atoms with Gasteiger partial charge < -0.3 is 14.0 Å². The van der Waals surface area contributed by atoms with Crippen molar-refractivity contribution >= 4 is 12.6 Å². The molecule has 4 nitrogen and oxygen atoms in total. The molecule has 0 unspecified atom stereocenters. The molecule has 0 saturated carbocycles. The van der Waals surface area contributed by atoms with Gasteiger partial charge in [-0.3, -0.25) is 0 Å². The van der Waals surface area contributed by atoms with E-state index in [0.29, 0.717) is 11.0 Å². The van der Waals surface area contributed by atoms with E-state index in [2.05, 4.69) is 9.72 Å². The Hall–Kier alpha value is -1.21. The van der Waals surface area contributed by atoms with E-state index < -0.39 is 24.9 Å². The molecule has 0 bridgehead atoms. The van der Waals surface area contributed by atoms with E-state index in [4.69, 9.17) is 9.31 Å². The number of halogens is 2. The molecule has 1 saturated heterocycles. The first kappa shape index (κ1) is 15.2. The second-order valence-corrected chi connectivity index (χ2v) is 5.86. The highest BCUT2D eigenvalue weighted by molar-refractivity contribution is 6.62. The molecule has 1 aliphatic heterocycles. The highest BCUT2D eigenvalue weighted by Gasteiger charge is 2.51. The van der Waals surface area contributed by atoms with Crippen molar-refractivity contribution in [1.29, 1.82) is 0 Å². The zero-order valence-electron chi connectivity index (χ0n) is 12.2. The van der Waals surface area contributed by atoms with Crippen LogP contribution in [0.5, 0.6) is 5.88 Å². The Labute approximate surface area is 117 Å². The number of rotatable bonds is 3. The van der Waals surface area contributed by atoms with Gasteiger partial charge in [0.25, 0.3) is 0 Å². The third kappa shape index (κ3) is 2.78. The van der Waals surface area contributed by atoms with Crippen LogP contribution in [0.3, 0.4) is 0 Å². The summed E-state index contributed by atoms with van der Waals surface area (Å²) in [5, 5.41) is 0. The molecule has 1 aromatic heterocycles. The average Bonchev–Trinajstić information content (AvgIpc) is 2.50. The minimum absolute atomic E-state index is 0.0831. The highest BCUT2D eigenvalue weighted by Crippen LogP contribution is 2.36. The van der Waals surface area contributed by atoms with Gasteiger partial charge in [0, 0.05) is 17.2 Å². The van der Waals surface area contributed by atoms with Crippen molar-refractivity contribution in [2.24, 2.45) is 0 Å². The summed E-state index contributed by atoms with van der Waals surface area (Å²) >= 11 is 0. The Balaban J connectivity index is 2.22. The fraction of sp³-hybridized carbons (Fsp3) is 0.615. The molecule has 110 valence electrons. The first-order valence-electron chi connectivity index (χ1n) is 6.39. The molecule has 1 aromatic rings. The van der Waals surface area contributed by atoms with E-state index in [1.54, 1.807) is 13.0 Å². The maximum absolute atomic E-state index is 12.2. The second-order valence-electron chi connectivity index (χ2n) is 5.86. The first-order valence-corrected chi connectivity index (χ1v) is 6.39. The first-order chi connectivity index (χ1) is 9.12. The molecule has 7 heteroatoms. The van der Waals surface area contributed by atoms with Gasteiger partial charge >= 0.3 is 13.7 Å². The third-order valence-electron chi connectivity index (χ3n) is 3.78. The third-order valence-corrected chi connectivity index (χ3v) is 3.78. The quantitative estimate of drug-likeness (QED) is 0.799. The molecule has 0 amide bonds. The van der Waals surface area contributed by atoms with E-state index in [1.165, 1.54) is 6.20 Å². The van der Waals surface area contributed by atoms with E-state index in [1.807, 2.05) is 27.7 Å². The number of aromatic nitrogens is 1. The van der Waals surface area contributed by atoms with E-state index in [0.717, 1.165) is 0 Å². The lowest BCUT2D eigenvalue weighted by molar-refractivity contribution is -0.0533. The van der Waals surface area contributed by atoms with Crippen LogP contribution in [0.1, 0.15) is 33.3 Å². The van der Waals surface area contributed by atoms with Gasteiger partial charge in [0.05, 0.1) is 11.2 Å². The van der Waals surface area contributed by atoms with Crippen molar-refractivity contribution in [2.75, 3.05) is 0 Å². The minimum atomic E-state index is -2.89. The highest BCUT2D eigenvalue weighted by atomic mass is 19.3. The Bertz CT molecular complexity index is 492. The number of aryl methyl sites for hydroxylation is 1. The number of nitrogens with zero attached hydrogens (tertiary/aromatic N) is 1. The Morgan fingerprint density at radius 1 is 1.20 bits per heavy atom. The summed E-state index contributed by atoms with van der Waals surface area (Å²) in [5.74, 6) is -0.0831. The van der Waals surface area contributed by atoms with E-state index >= 15 is 0 Å². The number of hydrogen-bond donors (Lipinski definition) is 0. The zero-order chi connectivity index (χ0) is 15.1. The number of hydrogen-bond acceptors (Lipinski definition) is 4. The monoisotopic (exact) mass is 285 g/mol. The minimum Gasteiger partial charge on any atom is -0.417 e. The van der Waals surface area contributed by atoms with Crippen molar-refractivity contribution in [3.8, 4) is 5.88 Å². The maximum Gasteiger partial charge on any atom is 0.496 e. The summed E-state index contributed by atoms with van der Waals surface area (Å²) in [5.41, 5.74) is 0.285. The molecule has 0 aliphatic carbocycles. The van der Waals surface area contributed by atoms with Crippen LogP contribution in [0.2, 0.25) is 0 Å². The maximum atomic E-state index is 12.2. The van der Waals surface area contributed by atoms with Crippen molar-refractivity contribution in [3.63, 3.8) is 0 Å². The fourth-order valence-corrected chi connectivity index (χ4v) is 1.90. The van der Waals surface area contributed by atoms with Gasteiger partial charge in [-0.25, -0.2) is 4.98 Å². The molecule has 0 N–H and O–H groups in total. The van der Waals surface area contributed by atoms with Crippen LogP contribution in [0.25, 0.3) is 0 Å². The van der Waals surface area contributed by atoms with E-state index in [9.17, 15) is 8.78 Å². The van der Waals surface area contributed by atoms with Gasteiger partial charge in [-0.15, -0.1) is 0 Å². The molecule has 20 heavy (non-hydrogen) atoms. The average molecular weight is 285 g/mol. The van der Waals surface area contributed by atoms with Gasteiger partial charge in [-0.2, -0.15) is 8.78 Å². The van der Waals surface area contributed by atoms with Gasteiger partial charge in [0.2, 0.25) is 5.88 Å². The largest absolute Gasteiger partial charge is 0.496 e. The Morgan fingerprint density at radius 2 is 1.75 bits per heavy atom. The molecule has 1 fully saturated rings. The predicted molar refractivity (Wildman–Crippen MR) is 71.3 cm³/mol. The van der Waals surface area contributed by atoms with Crippen LogP contribution >= 0.6 is 0 Å². The normalized spacial score (nSPS) is 20.5. The molecular weight excluding hydrogens is 267 g/mol. The standard InChI is InChI=1S/C13H18BF2NO3/c1-8-6-9(7-17-10(8)18-11(15)16)14-19-12(2,3)13(4,5)20-14/h6-7,11H,1-5H3. The summed E-state index contributed by atoms with van der Waals surface area (Å²) in [6.45, 7) is 6.55. The molecule has 0 aromatic carbocycles. The molecule has 0 atom stereocenters. The lowest BCUT2D eigenvalue weighted by atomic mass is 9.80. The van der Waals surface area contributed by atoms with E-state index in [-0.39, 0.29) is 5.88 Å². The van der Waals surface area contributed by atoms with Crippen LogP contribution in [-0.4, -0.2) is 29.9 Å².